The zero-order chi connectivity index (χ0) is 19.5. The van der Waals surface area contributed by atoms with Gasteiger partial charge >= 0.3 is 0 Å². The van der Waals surface area contributed by atoms with E-state index in [0.29, 0.717) is 43.9 Å². The Bertz CT molecular complexity index is 1050. The number of piperazine rings is 1. The van der Waals surface area contributed by atoms with Crippen LogP contribution in [0.15, 0.2) is 59.4 Å². The highest BCUT2D eigenvalue weighted by molar-refractivity contribution is 5.96. The normalized spacial score (nSPS) is 14.3. The molecule has 28 heavy (non-hydrogen) atoms. The van der Waals surface area contributed by atoms with Crippen molar-refractivity contribution in [2.75, 3.05) is 37.7 Å². The zero-order valence-corrected chi connectivity index (χ0v) is 15.9. The summed E-state index contributed by atoms with van der Waals surface area (Å²) in [4.78, 5) is 32.0. The lowest BCUT2D eigenvalue weighted by Gasteiger charge is -2.36. The fourth-order valence-corrected chi connectivity index (χ4v) is 3.64. The second kappa shape index (κ2) is 7.76. The Hall–Kier alpha value is -3.28. The number of nitrogens with zero attached hydrogens (tertiary/aromatic N) is 2. The highest BCUT2D eigenvalue weighted by atomic mass is 16.5. The Labute approximate surface area is 163 Å². The van der Waals surface area contributed by atoms with E-state index in [4.69, 9.17) is 4.74 Å². The van der Waals surface area contributed by atoms with Gasteiger partial charge in [0.25, 0.3) is 11.5 Å². The van der Waals surface area contributed by atoms with Crippen LogP contribution in [0.2, 0.25) is 0 Å². The van der Waals surface area contributed by atoms with Crippen LogP contribution >= 0.6 is 0 Å². The number of anilines is 1. The monoisotopic (exact) mass is 377 g/mol. The molecule has 0 atom stereocenters. The Morgan fingerprint density at radius 2 is 1.75 bits per heavy atom. The number of benzene rings is 2. The maximum atomic E-state index is 12.9. The van der Waals surface area contributed by atoms with Crippen LogP contribution in [0, 0.1) is 0 Å². The highest BCUT2D eigenvalue weighted by Gasteiger charge is 2.24. The number of aromatic nitrogens is 1. The molecule has 1 aromatic heterocycles. The molecule has 0 unspecified atom stereocenters. The van der Waals surface area contributed by atoms with E-state index < -0.39 is 0 Å². The van der Waals surface area contributed by atoms with Gasteiger partial charge in [-0.05, 0) is 36.6 Å². The fourth-order valence-electron chi connectivity index (χ4n) is 3.64. The predicted molar refractivity (Wildman–Crippen MR) is 110 cm³/mol. The quantitative estimate of drug-likeness (QED) is 0.759. The number of carbonyl (C=O) groups is 1. The molecule has 2 heterocycles. The molecule has 1 saturated heterocycles. The molecule has 0 spiro atoms. The molecule has 4 rings (SSSR count). The van der Waals surface area contributed by atoms with E-state index in [9.17, 15) is 9.59 Å². The third kappa shape index (κ3) is 3.45. The SMILES string of the molecule is CCOc1ccccc1N1CCN(C(=O)c2cc3ccccc3c(=O)[nH]2)CC1. The van der Waals surface area contributed by atoms with E-state index >= 15 is 0 Å². The topological polar surface area (TPSA) is 65.6 Å². The van der Waals surface area contributed by atoms with Gasteiger partial charge in [-0.25, -0.2) is 0 Å². The summed E-state index contributed by atoms with van der Waals surface area (Å²) in [6.07, 6.45) is 0. The van der Waals surface area contributed by atoms with Crippen molar-refractivity contribution < 1.29 is 9.53 Å². The van der Waals surface area contributed by atoms with Crippen LogP contribution in [0.3, 0.4) is 0 Å². The molecular weight excluding hydrogens is 354 g/mol. The summed E-state index contributed by atoms with van der Waals surface area (Å²) in [5.74, 6) is 0.726. The summed E-state index contributed by atoms with van der Waals surface area (Å²) in [5.41, 5.74) is 1.16. The summed E-state index contributed by atoms with van der Waals surface area (Å²) in [5, 5.41) is 1.37. The molecule has 3 aromatic rings. The minimum atomic E-state index is -0.231. The van der Waals surface area contributed by atoms with E-state index in [2.05, 4.69) is 9.88 Å². The van der Waals surface area contributed by atoms with Crippen LogP contribution in [-0.4, -0.2) is 48.6 Å². The first-order valence-corrected chi connectivity index (χ1v) is 9.55. The molecule has 1 fully saturated rings. The van der Waals surface area contributed by atoms with E-state index in [1.54, 1.807) is 17.0 Å². The maximum Gasteiger partial charge on any atom is 0.270 e. The minimum Gasteiger partial charge on any atom is -0.492 e. The van der Waals surface area contributed by atoms with Gasteiger partial charge in [0.1, 0.15) is 11.4 Å². The van der Waals surface area contributed by atoms with Crippen molar-refractivity contribution in [2.45, 2.75) is 6.92 Å². The van der Waals surface area contributed by atoms with Gasteiger partial charge < -0.3 is 19.5 Å². The minimum absolute atomic E-state index is 0.138. The molecule has 1 aliphatic rings. The number of para-hydroxylation sites is 2. The lowest BCUT2D eigenvalue weighted by atomic mass is 10.1. The van der Waals surface area contributed by atoms with Crippen LogP contribution in [-0.2, 0) is 0 Å². The number of amides is 1. The maximum absolute atomic E-state index is 12.9. The molecule has 0 saturated carbocycles. The molecule has 6 heteroatoms. The first kappa shape index (κ1) is 18.1. The number of fused-ring (bicyclic) bond motifs is 1. The lowest BCUT2D eigenvalue weighted by Crippen LogP contribution is -2.49. The second-order valence-electron chi connectivity index (χ2n) is 6.78. The number of carbonyl (C=O) groups excluding carboxylic acids is 1. The number of pyridine rings is 1. The van der Waals surface area contributed by atoms with Gasteiger partial charge in [0, 0.05) is 31.6 Å². The average molecular weight is 377 g/mol. The van der Waals surface area contributed by atoms with Crippen molar-refractivity contribution >= 4 is 22.4 Å². The van der Waals surface area contributed by atoms with Crippen LogP contribution < -0.4 is 15.2 Å². The second-order valence-corrected chi connectivity index (χ2v) is 6.78. The summed E-state index contributed by atoms with van der Waals surface area (Å²) in [6, 6.07) is 17.0. The number of ether oxygens (including phenoxy) is 1. The van der Waals surface area contributed by atoms with Crippen molar-refractivity contribution in [3.05, 3.63) is 70.6 Å². The number of nitrogens with one attached hydrogen (secondary N) is 1. The molecule has 0 radical (unpaired) electrons. The standard InChI is InChI=1S/C22H23N3O3/c1-2-28-20-10-6-5-9-19(20)24-11-13-25(14-12-24)22(27)18-15-16-7-3-4-8-17(16)21(26)23-18/h3-10,15H,2,11-14H2,1H3,(H,23,26). The Balaban J connectivity index is 1.50. The van der Waals surface area contributed by atoms with Crippen LogP contribution in [0.1, 0.15) is 17.4 Å². The smallest absolute Gasteiger partial charge is 0.270 e. The lowest BCUT2D eigenvalue weighted by molar-refractivity contribution is 0.0740. The molecule has 1 amide bonds. The zero-order valence-electron chi connectivity index (χ0n) is 15.9. The van der Waals surface area contributed by atoms with Crippen molar-refractivity contribution in [3.63, 3.8) is 0 Å². The summed E-state index contributed by atoms with van der Waals surface area (Å²) < 4.78 is 5.73. The molecule has 0 bridgehead atoms. The fraction of sp³-hybridized carbons (Fsp3) is 0.273. The van der Waals surface area contributed by atoms with Crippen LogP contribution in [0.4, 0.5) is 5.69 Å². The number of hydrogen-bond acceptors (Lipinski definition) is 4. The van der Waals surface area contributed by atoms with Crippen molar-refractivity contribution in [3.8, 4) is 5.75 Å². The van der Waals surface area contributed by atoms with Crippen LogP contribution in [0.25, 0.3) is 10.8 Å². The van der Waals surface area contributed by atoms with Gasteiger partial charge in [-0.1, -0.05) is 30.3 Å². The van der Waals surface area contributed by atoms with Gasteiger partial charge in [-0.3, -0.25) is 9.59 Å². The summed E-state index contributed by atoms with van der Waals surface area (Å²) in [6.45, 7) is 5.20. The first-order chi connectivity index (χ1) is 13.7. The molecule has 2 aromatic carbocycles. The predicted octanol–water partition coefficient (Wildman–Crippen LogP) is 2.89. The Morgan fingerprint density at radius 3 is 2.54 bits per heavy atom. The van der Waals surface area contributed by atoms with E-state index in [1.165, 1.54) is 0 Å². The van der Waals surface area contributed by atoms with Gasteiger partial charge in [0.05, 0.1) is 12.3 Å². The molecule has 1 aliphatic heterocycles. The van der Waals surface area contributed by atoms with Crippen molar-refractivity contribution in [1.29, 1.82) is 0 Å². The van der Waals surface area contributed by atoms with Gasteiger partial charge in [0.15, 0.2) is 0 Å². The number of H-pyrrole nitrogens is 1. The molecular formula is C22H23N3O3. The van der Waals surface area contributed by atoms with Gasteiger partial charge in [-0.15, -0.1) is 0 Å². The van der Waals surface area contributed by atoms with Gasteiger partial charge in [-0.2, -0.15) is 0 Å². The van der Waals surface area contributed by atoms with E-state index in [1.807, 2.05) is 49.4 Å². The molecule has 0 aliphatic carbocycles. The summed E-state index contributed by atoms with van der Waals surface area (Å²) in [7, 11) is 0. The third-order valence-corrected chi connectivity index (χ3v) is 5.06. The number of aromatic amines is 1. The van der Waals surface area contributed by atoms with Crippen molar-refractivity contribution in [2.24, 2.45) is 0 Å². The molecule has 144 valence electrons. The highest BCUT2D eigenvalue weighted by Crippen LogP contribution is 2.29. The summed E-state index contributed by atoms with van der Waals surface area (Å²) >= 11 is 0. The third-order valence-electron chi connectivity index (χ3n) is 5.06. The van der Waals surface area contributed by atoms with Crippen LogP contribution in [0.5, 0.6) is 5.75 Å². The van der Waals surface area contributed by atoms with E-state index in [0.717, 1.165) is 16.8 Å². The number of hydrogen-bond donors (Lipinski definition) is 1. The first-order valence-electron chi connectivity index (χ1n) is 9.55. The Morgan fingerprint density at radius 1 is 1.04 bits per heavy atom. The number of rotatable bonds is 4. The average Bonchev–Trinajstić information content (AvgIpc) is 2.74. The van der Waals surface area contributed by atoms with Gasteiger partial charge in [0.2, 0.25) is 0 Å². The van der Waals surface area contributed by atoms with Crippen molar-refractivity contribution in [1.82, 2.24) is 9.88 Å². The van der Waals surface area contributed by atoms with E-state index in [-0.39, 0.29) is 11.5 Å². The Kier molecular flexibility index (Phi) is 5.02. The molecule has 1 N–H and O–H groups in total. The largest absolute Gasteiger partial charge is 0.492 e. The molecule has 6 nitrogen and oxygen atoms in total.